The molecule has 0 aliphatic carbocycles. The molecule has 0 saturated carbocycles. The van der Waals surface area contributed by atoms with Crippen LogP contribution in [0.25, 0.3) is 21.5 Å². The molecule has 0 fully saturated rings. The zero-order valence-electron chi connectivity index (χ0n) is 18.0. The molecule has 8 heteroatoms. The fourth-order valence-electron chi connectivity index (χ4n) is 3.88. The van der Waals surface area contributed by atoms with Gasteiger partial charge in [0.1, 0.15) is 0 Å². The van der Waals surface area contributed by atoms with Crippen molar-refractivity contribution >= 4 is 51.9 Å². The maximum absolute atomic E-state index is 13.7. The van der Waals surface area contributed by atoms with Gasteiger partial charge < -0.3 is 0 Å². The normalized spacial score (nSPS) is 12.7. The number of halogens is 4. The average Bonchev–Trinajstić information content (AvgIpc) is 2.86. The minimum absolute atomic E-state index is 0.691. The molecule has 0 aliphatic rings. The number of rotatable bonds is 5. The molecular formula is C27H18F3IO3S. The van der Waals surface area contributed by atoms with Crippen LogP contribution in [0, 0.1) is 7.14 Å². The van der Waals surface area contributed by atoms with E-state index in [1.807, 2.05) is 72.8 Å². The monoisotopic (exact) mass is 606 g/mol. The fourth-order valence-corrected chi connectivity index (χ4v) is 11.8. The minimum atomic E-state index is -4.84. The molecule has 5 aromatic rings. The van der Waals surface area contributed by atoms with Crippen LogP contribution in [0.2, 0.25) is 0 Å². The molecule has 5 rings (SSSR count). The maximum atomic E-state index is 13.7. The molecule has 35 heavy (non-hydrogen) atoms. The van der Waals surface area contributed by atoms with Gasteiger partial charge in [-0.2, -0.15) is 0 Å². The van der Waals surface area contributed by atoms with Crippen LogP contribution >= 0.6 is 20.2 Å². The first-order chi connectivity index (χ1) is 16.8. The van der Waals surface area contributed by atoms with Gasteiger partial charge in [-0.15, -0.1) is 0 Å². The zero-order chi connectivity index (χ0) is 24.6. The Labute approximate surface area is 208 Å². The van der Waals surface area contributed by atoms with Crippen molar-refractivity contribution in [1.82, 2.24) is 0 Å². The van der Waals surface area contributed by atoms with Gasteiger partial charge in [0, 0.05) is 0 Å². The van der Waals surface area contributed by atoms with Gasteiger partial charge in [0.05, 0.1) is 0 Å². The molecule has 0 aromatic heterocycles. The van der Waals surface area contributed by atoms with E-state index in [4.69, 9.17) is 2.51 Å². The molecule has 0 N–H and O–H groups in total. The molecule has 0 spiro atoms. The van der Waals surface area contributed by atoms with E-state index in [-0.39, 0.29) is 0 Å². The Bertz CT molecular complexity index is 1560. The van der Waals surface area contributed by atoms with Gasteiger partial charge in [-0.05, 0) is 0 Å². The van der Waals surface area contributed by atoms with E-state index in [2.05, 4.69) is 0 Å². The molecule has 0 saturated heterocycles. The standard InChI is InChI=1S/C27H18F3IO3S/c28-27(29,30)23-15-5-6-18-26(23)35(32,33)34-31(24-16-7-11-19-9-1-3-13-21(19)24)25-17-8-12-20-10-2-4-14-22(20)25/h1-18H. The van der Waals surface area contributed by atoms with E-state index in [9.17, 15) is 21.6 Å². The van der Waals surface area contributed by atoms with E-state index < -0.39 is 47.0 Å². The predicted octanol–water partition coefficient (Wildman–Crippen LogP) is 7.88. The van der Waals surface area contributed by atoms with Crippen molar-refractivity contribution in [2.45, 2.75) is 11.1 Å². The average molecular weight is 606 g/mol. The van der Waals surface area contributed by atoms with Crippen molar-refractivity contribution in [1.29, 1.82) is 0 Å². The number of alkyl halides is 3. The molecule has 0 unspecified atom stereocenters. The first kappa shape index (κ1) is 23.8. The third-order valence-electron chi connectivity index (χ3n) is 5.45. The van der Waals surface area contributed by atoms with Crippen molar-refractivity contribution in [2.75, 3.05) is 0 Å². The Morgan fingerprint density at radius 3 is 1.60 bits per heavy atom. The summed E-state index contributed by atoms with van der Waals surface area (Å²) in [5.41, 5.74) is -1.24. The molecule has 178 valence electrons. The van der Waals surface area contributed by atoms with Crippen molar-refractivity contribution in [2.24, 2.45) is 0 Å². The van der Waals surface area contributed by atoms with Gasteiger partial charge in [-0.3, -0.25) is 0 Å². The summed E-state index contributed by atoms with van der Waals surface area (Å²) in [7, 11) is -4.76. The van der Waals surface area contributed by atoms with Gasteiger partial charge in [0.2, 0.25) is 0 Å². The van der Waals surface area contributed by atoms with Crippen LogP contribution in [-0.2, 0) is 18.8 Å². The third kappa shape index (κ3) is 4.65. The van der Waals surface area contributed by atoms with Gasteiger partial charge >= 0.3 is 209 Å². The van der Waals surface area contributed by atoms with E-state index in [0.29, 0.717) is 7.14 Å². The Morgan fingerprint density at radius 1 is 0.600 bits per heavy atom. The molecule has 0 bridgehead atoms. The van der Waals surface area contributed by atoms with E-state index in [1.165, 1.54) is 6.07 Å². The summed E-state index contributed by atoms with van der Waals surface area (Å²) in [6, 6.07) is 30.2. The second-order valence-electron chi connectivity index (χ2n) is 7.68. The quantitative estimate of drug-likeness (QED) is 0.191. The Balaban J connectivity index is 1.75. The van der Waals surface area contributed by atoms with Gasteiger partial charge in [0.25, 0.3) is 0 Å². The molecule has 0 amide bonds. The molecule has 0 heterocycles. The molecule has 0 atom stereocenters. The second kappa shape index (κ2) is 9.25. The summed E-state index contributed by atoms with van der Waals surface area (Å²) >= 11 is -3.32. The number of hydrogen-bond acceptors (Lipinski definition) is 3. The first-order valence-electron chi connectivity index (χ1n) is 10.5. The fraction of sp³-hybridized carbons (Fsp3) is 0.0370. The van der Waals surface area contributed by atoms with E-state index in [0.717, 1.165) is 39.7 Å². The van der Waals surface area contributed by atoms with E-state index in [1.54, 1.807) is 12.1 Å². The summed E-state index contributed by atoms with van der Waals surface area (Å²) in [6.45, 7) is 0. The topological polar surface area (TPSA) is 43.4 Å². The van der Waals surface area contributed by atoms with Crippen LogP contribution in [0.15, 0.2) is 114 Å². The van der Waals surface area contributed by atoms with E-state index >= 15 is 0 Å². The van der Waals surface area contributed by atoms with Crippen LogP contribution in [0.5, 0.6) is 0 Å². The Hall–Kier alpha value is -2.95. The van der Waals surface area contributed by atoms with Gasteiger partial charge in [0.15, 0.2) is 0 Å². The van der Waals surface area contributed by atoms with Crippen molar-refractivity contribution in [3.63, 3.8) is 0 Å². The second-order valence-corrected chi connectivity index (χ2v) is 14.0. The molecule has 3 nitrogen and oxygen atoms in total. The summed E-state index contributed by atoms with van der Waals surface area (Å²) in [6.07, 6.45) is -4.84. The summed E-state index contributed by atoms with van der Waals surface area (Å²) in [5, 5.41) is 3.41. The number of hydrogen-bond donors (Lipinski definition) is 0. The Morgan fingerprint density at radius 2 is 1.06 bits per heavy atom. The van der Waals surface area contributed by atoms with Crippen LogP contribution in [-0.4, -0.2) is 8.42 Å². The molecule has 5 aromatic carbocycles. The van der Waals surface area contributed by atoms with Gasteiger partial charge in [-0.1, -0.05) is 0 Å². The van der Waals surface area contributed by atoms with Crippen molar-refractivity contribution in [3.05, 3.63) is 122 Å². The Kier molecular flexibility index (Phi) is 6.29. The number of benzene rings is 5. The van der Waals surface area contributed by atoms with Crippen molar-refractivity contribution in [3.8, 4) is 0 Å². The predicted molar refractivity (Wildman–Crippen MR) is 139 cm³/mol. The summed E-state index contributed by atoms with van der Waals surface area (Å²) in [5.74, 6) is 0. The number of fused-ring (bicyclic) bond motifs is 2. The SMILES string of the molecule is O=S(=O)(OI(c1cccc2ccccc12)c1cccc2ccccc12)c1ccccc1C(F)(F)F. The molecule has 0 aliphatic heterocycles. The van der Waals surface area contributed by atoms with Crippen LogP contribution in [0.4, 0.5) is 13.2 Å². The molecular weight excluding hydrogens is 588 g/mol. The molecule has 0 radical (unpaired) electrons. The third-order valence-corrected chi connectivity index (χ3v) is 13.1. The first-order valence-corrected chi connectivity index (χ1v) is 15.0. The van der Waals surface area contributed by atoms with Crippen LogP contribution in [0.1, 0.15) is 5.56 Å². The van der Waals surface area contributed by atoms with Gasteiger partial charge in [-0.25, -0.2) is 0 Å². The van der Waals surface area contributed by atoms with Crippen molar-refractivity contribution < 1.29 is 24.1 Å². The van der Waals surface area contributed by atoms with Crippen LogP contribution < -0.4 is 0 Å². The zero-order valence-corrected chi connectivity index (χ0v) is 21.0. The summed E-state index contributed by atoms with van der Waals surface area (Å²) < 4.78 is 75.2. The summed E-state index contributed by atoms with van der Waals surface area (Å²) in [4.78, 5) is -0.879. The van der Waals surface area contributed by atoms with Crippen LogP contribution in [0.3, 0.4) is 0 Å².